The Morgan fingerprint density at radius 1 is 1.59 bits per heavy atom. The second-order valence-corrected chi connectivity index (χ2v) is 4.96. The molecule has 0 aliphatic heterocycles. The van der Waals surface area contributed by atoms with E-state index in [2.05, 4.69) is 5.32 Å². The van der Waals surface area contributed by atoms with Crippen LogP contribution >= 0.6 is 22.6 Å². The van der Waals surface area contributed by atoms with Crippen LogP contribution in [0.25, 0.3) is 0 Å². The predicted molar refractivity (Wildman–Crippen MR) is 73.7 cm³/mol. The molecule has 94 valence electrons. The standard InChI is InChI=1S/C12H15FINO2/c1-2-3-4-11(12(16)17)15-10-6-5-8(13)7-9(10)14/h5-7,11,15H,2-4H2,1H3,(H,16,17). The lowest BCUT2D eigenvalue weighted by molar-refractivity contribution is -0.138. The SMILES string of the molecule is CCCCC(Nc1ccc(F)cc1I)C(=O)O. The monoisotopic (exact) mass is 351 g/mol. The molecule has 0 aliphatic carbocycles. The normalized spacial score (nSPS) is 12.2. The lowest BCUT2D eigenvalue weighted by Gasteiger charge is -2.16. The molecule has 1 atom stereocenters. The zero-order valence-corrected chi connectivity index (χ0v) is 11.7. The minimum absolute atomic E-state index is 0.319. The average Bonchev–Trinajstić information content (AvgIpc) is 2.26. The van der Waals surface area contributed by atoms with E-state index < -0.39 is 12.0 Å². The van der Waals surface area contributed by atoms with Gasteiger partial charge in [0.15, 0.2) is 0 Å². The van der Waals surface area contributed by atoms with E-state index in [1.807, 2.05) is 29.5 Å². The van der Waals surface area contributed by atoms with Crippen LogP contribution in [0.1, 0.15) is 26.2 Å². The number of unbranched alkanes of at least 4 members (excludes halogenated alkanes) is 1. The third-order valence-electron chi connectivity index (χ3n) is 2.41. The number of nitrogens with one attached hydrogen (secondary N) is 1. The summed E-state index contributed by atoms with van der Waals surface area (Å²) in [5.74, 6) is -1.20. The Kier molecular flexibility index (Phi) is 5.67. The van der Waals surface area contributed by atoms with Gasteiger partial charge in [-0.2, -0.15) is 0 Å². The van der Waals surface area contributed by atoms with Gasteiger partial charge in [0.2, 0.25) is 0 Å². The van der Waals surface area contributed by atoms with Crippen LogP contribution in [0.3, 0.4) is 0 Å². The van der Waals surface area contributed by atoms with E-state index in [9.17, 15) is 9.18 Å². The van der Waals surface area contributed by atoms with Crippen molar-refractivity contribution in [3.8, 4) is 0 Å². The van der Waals surface area contributed by atoms with Crippen molar-refractivity contribution in [2.24, 2.45) is 0 Å². The quantitative estimate of drug-likeness (QED) is 0.772. The minimum atomic E-state index is -0.876. The summed E-state index contributed by atoms with van der Waals surface area (Å²) in [6.45, 7) is 2.01. The van der Waals surface area contributed by atoms with Gasteiger partial charge in [0.25, 0.3) is 0 Å². The van der Waals surface area contributed by atoms with Crippen molar-refractivity contribution in [3.63, 3.8) is 0 Å². The van der Waals surface area contributed by atoms with E-state index in [1.54, 1.807) is 6.07 Å². The highest BCUT2D eigenvalue weighted by molar-refractivity contribution is 14.1. The predicted octanol–water partition coefficient (Wildman–Crippen LogP) is 3.49. The minimum Gasteiger partial charge on any atom is -0.480 e. The maximum absolute atomic E-state index is 12.9. The molecule has 1 unspecified atom stereocenters. The molecule has 0 aliphatic rings. The van der Waals surface area contributed by atoms with Crippen LogP contribution in [0.2, 0.25) is 0 Å². The molecule has 0 radical (unpaired) electrons. The smallest absolute Gasteiger partial charge is 0.326 e. The Morgan fingerprint density at radius 2 is 2.29 bits per heavy atom. The molecule has 1 rings (SSSR count). The Balaban J connectivity index is 2.75. The highest BCUT2D eigenvalue weighted by atomic mass is 127. The van der Waals surface area contributed by atoms with Gasteiger partial charge in [-0.15, -0.1) is 0 Å². The number of carbonyl (C=O) groups is 1. The molecule has 1 aromatic carbocycles. The first-order valence-electron chi connectivity index (χ1n) is 5.49. The van der Waals surface area contributed by atoms with Crippen LogP contribution < -0.4 is 5.32 Å². The van der Waals surface area contributed by atoms with Gasteiger partial charge < -0.3 is 10.4 Å². The first-order chi connectivity index (χ1) is 8.04. The summed E-state index contributed by atoms with van der Waals surface area (Å²) in [4.78, 5) is 11.0. The summed E-state index contributed by atoms with van der Waals surface area (Å²) in [6, 6.07) is 3.65. The van der Waals surface area contributed by atoms with Crippen molar-refractivity contribution < 1.29 is 14.3 Å². The number of aliphatic carboxylic acids is 1. The van der Waals surface area contributed by atoms with Crippen LogP contribution in [0.15, 0.2) is 18.2 Å². The van der Waals surface area contributed by atoms with Crippen molar-refractivity contribution in [1.29, 1.82) is 0 Å². The Hall–Kier alpha value is -0.850. The summed E-state index contributed by atoms with van der Waals surface area (Å²) < 4.78 is 13.6. The highest BCUT2D eigenvalue weighted by Crippen LogP contribution is 2.21. The molecule has 0 bridgehead atoms. The molecule has 5 heteroatoms. The van der Waals surface area contributed by atoms with E-state index in [0.717, 1.165) is 12.8 Å². The molecule has 0 saturated carbocycles. The van der Waals surface area contributed by atoms with Crippen LogP contribution in [0.4, 0.5) is 10.1 Å². The summed E-state index contributed by atoms with van der Waals surface area (Å²) >= 11 is 1.99. The molecule has 0 fully saturated rings. The third-order valence-corrected chi connectivity index (χ3v) is 3.30. The number of hydrogen-bond donors (Lipinski definition) is 2. The average molecular weight is 351 g/mol. The summed E-state index contributed by atoms with van der Waals surface area (Å²) in [7, 11) is 0. The summed E-state index contributed by atoms with van der Waals surface area (Å²) in [6.07, 6.45) is 2.37. The topological polar surface area (TPSA) is 49.3 Å². The molecule has 0 aromatic heterocycles. The molecule has 0 heterocycles. The molecule has 2 N–H and O–H groups in total. The van der Waals surface area contributed by atoms with Crippen LogP contribution in [-0.2, 0) is 4.79 Å². The van der Waals surface area contributed by atoms with Crippen LogP contribution in [-0.4, -0.2) is 17.1 Å². The Labute approximate surface area is 114 Å². The maximum Gasteiger partial charge on any atom is 0.326 e. The van der Waals surface area contributed by atoms with Crippen LogP contribution in [0.5, 0.6) is 0 Å². The summed E-state index contributed by atoms with van der Waals surface area (Å²) in [5, 5.41) is 12.0. The Bertz CT molecular complexity index is 398. The van der Waals surface area contributed by atoms with Gasteiger partial charge >= 0.3 is 5.97 Å². The molecular weight excluding hydrogens is 336 g/mol. The van der Waals surface area contributed by atoms with Crippen molar-refractivity contribution in [2.75, 3.05) is 5.32 Å². The van der Waals surface area contributed by atoms with Gasteiger partial charge in [0, 0.05) is 9.26 Å². The fraction of sp³-hybridized carbons (Fsp3) is 0.417. The van der Waals surface area contributed by atoms with Gasteiger partial charge in [-0.25, -0.2) is 9.18 Å². The fourth-order valence-electron chi connectivity index (χ4n) is 1.46. The second kappa shape index (κ2) is 6.78. The number of hydrogen-bond acceptors (Lipinski definition) is 2. The van der Waals surface area contributed by atoms with Crippen molar-refractivity contribution in [2.45, 2.75) is 32.2 Å². The zero-order chi connectivity index (χ0) is 12.8. The first kappa shape index (κ1) is 14.2. The second-order valence-electron chi connectivity index (χ2n) is 3.80. The lowest BCUT2D eigenvalue weighted by atomic mass is 10.1. The first-order valence-corrected chi connectivity index (χ1v) is 6.57. The molecule has 1 aromatic rings. The van der Waals surface area contributed by atoms with Gasteiger partial charge in [0.1, 0.15) is 11.9 Å². The van der Waals surface area contributed by atoms with Gasteiger partial charge in [-0.1, -0.05) is 19.8 Å². The van der Waals surface area contributed by atoms with Crippen molar-refractivity contribution >= 4 is 34.2 Å². The van der Waals surface area contributed by atoms with Gasteiger partial charge in [-0.05, 0) is 47.2 Å². The molecule has 0 amide bonds. The van der Waals surface area contributed by atoms with Gasteiger partial charge in [-0.3, -0.25) is 0 Å². The summed E-state index contributed by atoms with van der Waals surface area (Å²) in [5.41, 5.74) is 0.663. The van der Waals surface area contributed by atoms with E-state index in [-0.39, 0.29) is 5.82 Å². The number of halogens is 2. The number of carboxylic acid groups (broad SMARTS) is 1. The number of anilines is 1. The lowest BCUT2D eigenvalue weighted by Crippen LogP contribution is -2.29. The third kappa shape index (κ3) is 4.49. The fourth-order valence-corrected chi connectivity index (χ4v) is 2.09. The molecule has 3 nitrogen and oxygen atoms in total. The van der Waals surface area contributed by atoms with Gasteiger partial charge in [0.05, 0.1) is 0 Å². The number of benzene rings is 1. The maximum atomic E-state index is 12.9. The van der Waals surface area contributed by atoms with E-state index in [0.29, 0.717) is 15.7 Å². The van der Waals surface area contributed by atoms with E-state index in [4.69, 9.17) is 5.11 Å². The van der Waals surface area contributed by atoms with Crippen LogP contribution in [0, 0.1) is 9.39 Å². The molecule has 17 heavy (non-hydrogen) atoms. The molecule has 0 spiro atoms. The van der Waals surface area contributed by atoms with Crippen molar-refractivity contribution in [1.82, 2.24) is 0 Å². The van der Waals surface area contributed by atoms with E-state index in [1.165, 1.54) is 12.1 Å². The molecular formula is C12H15FINO2. The number of carboxylic acids is 1. The van der Waals surface area contributed by atoms with E-state index >= 15 is 0 Å². The molecule has 0 saturated heterocycles. The number of rotatable bonds is 6. The highest BCUT2D eigenvalue weighted by Gasteiger charge is 2.17. The zero-order valence-electron chi connectivity index (χ0n) is 9.54. The van der Waals surface area contributed by atoms with Crippen molar-refractivity contribution in [3.05, 3.63) is 27.6 Å². The Morgan fingerprint density at radius 3 is 2.82 bits per heavy atom. The largest absolute Gasteiger partial charge is 0.480 e.